The van der Waals surface area contributed by atoms with Crippen LogP contribution < -0.4 is 15.8 Å². The van der Waals surface area contributed by atoms with E-state index in [1.807, 2.05) is 6.92 Å². The van der Waals surface area contributed by atoms with Crippen molar-refractivity contribution in [1.82, 2.24) is 25.2 Å². The molecule has 2 fully saturated rings. The van der Waals surface area contributed by atoms with Gasteiger partial charge in [0.15, 0.2) is 11.6 Å². The van der Waals surface area contributed by atoms with Crippen LogP contribution in [0, 0.1) is 12.7 Å². The first kappa shape index (κ1) is 21.8. The number of ether oxygens (including phenoxy) is 1. The summed E-state index contributed by atoms with van der Waals surface area (Å²) in [5.74, 6) is -0.381. The number of benzene rings is 1. The molecule has 8 nitrogen and oxygen atoms in total. The third-order valence-corrected chi connectivity index (χ3v) is 6.57. The van der Waals surface area contributed by atoms with Gasteiger partial charge in [-0.05, 0) is 62.3 Å². The highest BCUT2D eigenvalue weighted by Crippen LogP contribution is 2.31. The van der Waals surface area contributed by atoms with Crippen LogP contribution >= 0.6 is 0 Å². The Bertz CT molecular complexity index is 1150. The van der Waals surface area contributed by atoms with Gasteiger partial charge in [0.1, 0.15) is 12.0 Å². The van der Waals surface area contributed by atoms with E-state index < -0.39 is 11.9 Å². The highest BCUT2D eigenvalue weighted by Gasteiger charge is 2.32. The maximum atomic E-state index is 14.8. The number of rotatable bonds is 7. The third-order valence-electron chi connectivity index (χ3n) is 6.57. The van der Waals surface area contributed by atoms with Crippen molar-refractivity contribution in [1.29, 1.82) is 0 Å². The van der Waals surface area contributed by atoms with Gasteiger partial charge in [0.25, 0.3) is 0 Å². The summed E-state index contributed by atoms with van der Waals surface area (Å²) in [5.41, 5.74) is 8.31. The highest BCUT2D eigenvalue weighted by molar-refractivity contribution is 5.84. The molecule has 1 unspecified atom stereocenters. The molecule has 2 aromatic heterocycles. The van der Waals surface area contributed by atoms with Gasteiger partial charge in [-0.15, -0.1) is 0 Å². The van der Waals surface area contributed by atoms with Gasteiger partial charge in [-0.25, -0.2) is 14.4 Å². The number of aromatic amines is 1. The molecule has 1 atom stereocenters. The number of hydrogen-bond donors (Lipinski definition) is 3. The van der Waals surface area contributed by atoms with E-state index in [0.717, 1.165) is 37.5 Å². The van der Waals surface area contributed by atoms with Gasteiger partial charge in [0.2, 0.25) is 11.8 Å². The predicted molar refractivity (Wildman–Crippen MR) is 123 cm³/mol. The Morgan fingerprint density at radius 3 is 2.82 bits per heavy atom. The van der Waals surface area contributed by atoms with Crippen LogP contribution in [-0.2, 0) is 11.2 Å². The number of carbonyl (C=O) groups excluding carboxylic acids is 1. The maximum absolute atomic E-state index is 14.8. The van der Waals surface area contributed by atoms with E-state index in [-0.39, 0.29) is 30.0 Å². The minimum Gasteiger partial charge on any atom is -0.435 e. The number of nitrogens with one attached hydrogen (secondary N) is 2. The van der Waals surface area contributed by atoms with Crippen LogP contribution in [0.4, 0.5) is 4.39 Å². The Balaban J connectivity index is 1.18. The average molecular weight is 453 g/mol. The van der Waals surface area contributed by atoms with Gasteiger partial charge in [-0.3, -0.25) is 4.79 Å². The molecule has 1 saturated heterocycles. The first-order chi connectivity index (χ1) is 16.0. The van der Waals surface area contributed by atoms with Gasteiger partial charge in [-0.2, -0.15) is 0 Å². The summed E-state index contributed by atoms with van der Waals surface area (Å²) in [4.78, 5) is 26.4. The van der Waals surface area contributed by atoms with Crippen molar-refractivity contribution in [2.75, 3.05) is 13.1 Å². The van der Waals surface area contributed by atoms with Crippen molar-refractivity contribution < 1.29 is 13.9 Å². The summed E-state index contributed by atoms with van der Waals surface area (Å²) in [6.07, 6.45) is 7.93. The van der Waals surface area contributed by atoms with Crippen molar-refractivity contribution in [3.05, 3.63) is 47.7 Å². The third kappa shape index (κ3) is 4.84. The molecule has 2 aliphatic rings. The van der Waals surface area contributed by atoms with Crippen LogP contribution in [0.1, 0.15) is 36.8 Å². The monoisotopic (exact) mass is 452 g/mol. The lowest BCUT2D eigenvalue weighted by Crippen LogP contribution is -2.50. The normalized spacial score (nSPS) is 18.4. The number of carbonyl (C=O) groups is 1. The van der Waals surface area contributed by atoms with Crippen LogP contribution in [0.2, 0.25) is 0 Å². The van der Waals surface area contributed by atoms with Crippen LogP contribution in [0.25, 0.3) is 11.0 Å². The Hall–Kier alpha value is -3.04. The quantitative estimate of drug-likeness (QED) is 0.509. The van der Waals surface area contributed by atoms with Crippen molar-refractivity contribution in [3.8, 4) is 11.6 Å². The fourth-order valence-electron chi connectivity index (χ4n) is 4.52. The molecule has 5 rings (SSSR count). The molecule has 1 amide bonds. The number of amides is 1. The Kier molecular flexibility index (Phi) is 5.99. The standard InChI is InChI=1S/C24H29FN6O2/c1-14-12-27-22-21(14)24(29-13-28-22)33-20-5-2-15(10-18(20)25)11-19(26)23(32)30-16-6-8-31(9-7-16)17-3-4-17/h2,5,10,12-13,16-17,19H,3-4,6-9,11,26H2,1H3,(H,30,32)(H,27,28,29). The van der Waals surface area contributed by atoms with Crippen molar-refractivity contribution in [2.24, 2.45) is 5.73 Å². The topological polar surface area (TPSA) is 109 Å². The highest BCUT2D eigenvalue weighted by atomic mass is 19.1. The largest absolute Gasteiger partial charge is 0.435 e. The summed E-state index contributed by atoms with van der Waals surface area (Å²) in [5, 5.41) is 3.78. The van der Waals surface area contributed by atoms with Crippen LogP contribution in [-0.4, -0.2) is 57.0 Å². The van der Waals surface area contributed by atoms with Gasteiger partial charge < -0.3 is 25.7 Å². The zero-order valence-electron chi connectivity index (χ0n) is 18.7. The summed E-state index contributed by atoms with van der Waals surface area (Å²) in [6, 6.07) is 4.81. The summed E-state index contributed by atoms with van der Waals surface area (Å²) in [7, 11) is 0. The minimum atomic E-state index is -0.735. The first-order valence-corrected chi connectivity index (χ1v) is 11.5. The van der Waals surface area contributed by atoms with E-state index in [1.54, 1.807) is 18.3 Å². The van der Waals surface area contributed by atoms with Gasteiger partial charge in [0.05, 0.1) is 11.4 Å². The fourth-order valence-corrected chi connectivity index (χ4v) is 4.52. The lowest BCUT2D eigenvalue weighted by Gasteiger charge is -2.32. The number of fused-ring (bicyclic) bond motifs is 1. The van der Waals surface area contributed by atoms with E-state index in [0.29, 0.717) is 16.6 Å². The van der Waals surface area contributed by atoms with Gasteiger partial charge in [0, 0.05) is 31.4 Å². The average Bonchev–Trinajstić information content (AvgIpc) is 3.59. The van der Waals surface area contributed by atoms with E-state index >= 15 is 0 Å². The second kappa shape index (κ2) is 9.07. The second-order valence-corrected chi connectivity index (χ2v) is 9.10. The van der Waals surface area contributed by atoms with Crippen LogP contribution in [0.3, 0.4) is 0 Å². The molecule has 3 aromatic rings. The number of likely N-dealkylation sites (tertiary alicyclic amines) is 1. The predicted octanol–water partition coefficient (Wildman–Crippen LogP) is 2.81. The number of nitrogens with two attached hydrogens (primary N) is 1. The molecule has 1 aliphatic carbocycles. The fraction of sp³-hybridized carbons (Fsp3) is 0.458. The molecule has 33 heavy (non-hydrogen) atoms. The number of aromatic nitrogens is 3. The molecule has 1 saturated carbocycles. The molecule has 0 spiro atoms. The second-order valence-electron chi connectivity index (χ2n) is 9.10. The molecule has 3 heterocycles. The van der Waals surface area contributed by atoms with Gasteiger partial charge >= 0.3 is 0 Å². The Morgan fingerprint density at radius 2 is 2.09 bits per heavy atom. The van der Waals surface area contributed by atoms with E-state index in [4.69, 9.17) is 10.5 Å². The summed E-state index contributed by atoms with van der Waals surface area (Å²) in [6.45, 7) is 3.95. The molecule has 0 radical (unpaired) electrons. The molecule has 1 aromatic carbocycles. The Labute approximate surface area is 191 Å². The minimum absolute atomic E-state index is 0.0554. The zero-order valence-corrected chi connectivity index (χ0v) is 18.7. The number of halogens is 1. The molecular formula is C24H29FN6O2. The molecule has 0 bridgehead atoms. The number of nitrogens with zero attached hydrogens (tertiary/aromatic N) is 3. The lowest BCUT2D eigenvalue weighted by atomic mass is 10.0. The Morgan fingerprint density at radius 1 is 1.30 bits per heavy atom. The number of piperidine rings is 1. The summed E-state index contributed by atoms with van der Waals surface area (Å²) < 4.78 is 20.5. The van der Waals surface area contributed by atoms with Crippen LogP contribution in [0.5, 0.6) is 11.6 Å². The van der Waals surface area contributed by atoms with Crippen molar-refractivity contribution >= 4 is 16.9 Å². The number of aryl methyl sites for hydroxylation is 1. The van der Waals surface area contributed by atoms with Crippen molar-refractivity contribution in [2.45, 2.75) is 57.2 Å². The van der Waals surface area contributed by atoms with Gasteiger partial charge in [-0.1, -0.05) is 6.07 Å². The molecule has 1 aliphatic heterocycles. The van der Waals surface area contributed by atoms with E-state index in [9.17, 15) is 9.18 Å². The zero-order chi connectivity index (χ0) is 22.9. The lowest BCUT2D eigenvalue weighted by molar-refractivity contribution is -0.123. The van der Waals surface area contributed by atoms with E-state index in [2.05, 4.69) is 25.2 Å². The summed E-state index contributed by atoms with van der Waals surface area (Å²) >= 11 is 0. The number of H-pyrrole nitrogens is 1. The van der Waals surface area contributed by atoms with Crippen molar-refractivity contribution in [3.63, 3.8) is 0 Å². The van der Waals surface area contributed by atoms with Crippen LogP contribution in [0.15, 0.2) is 30.7 Å². The smallest absolute Gasteiger partial charge is 0.237 e. The SMILES string of the molecule is Cc1c[nH]c2ncnc(Oc3ccc(CC(N)C(=O)NC4CCN(C5CC5)CC4)cc3F)c12. The van der Waals surface area contributed by atoms with E-state index in [1.165, 1.54) is 25.2 Å². The maximum Gasteiger partial charge on any atom is 0.237 e. The molecule has 4 N–H and O–H groups in total. The molecule has 174 valence electrons. The number of hydrogen-bond acceptors (Lipinski definition) is 6. The first-order valence-electron chi connectivity index (χ1n) is 11.5. The molecule has 9 heteroatoms. The molecular weight excluding hydrogens is 423 g/mol.